The Balaban J connectivity index is 1.86. The third-order valence-corrected chi connectivity index (χ3v) is 3.83. The van der Waals surface area contributed by atoms with Crippen molar-refractivity contribution in [1.29, 1.82) is 0 Å². The predicted octanol–water partition coefficient (Wildman–Crippen LogP) is 2.34. The smallest absolute Gasteiger partial charge is 0.271 e. The second kappa shape index (κ2) is 7.77. The van der Waals surface area contributed by atoms with Crippen LogP contribution in [-0.2, 0) is 4.79 Å². The van der Waals surface area contributed by atoms with Crippen molar-refractivity contribution in [2.75, 3.05) is 11.9 Å². The highest BCUT2D eigenvalue weighted by Crippen LogP contribution is 2.24. The van der Waals surface area contributed by atoms with Crippen LogP contribution in [0.25, 0.3) is 11.2 Å². The summed E-state index contributed by atoms with van der Waals surface area (Å²) in [4.78, 5) is 38.1. The van der Waals surface area contributed by atoms with Crippen LogP contribution in [0.2, 0.25) is 0 Å². The Morgan fingerprint density at radius 1 is 1.30 bits per heavy atom. The number of H-pyrrole nitrogens is 1. The lowest BCUT2D eigenvalue weighted by Gasteiger charge is -2.12. The Kier molecular flexibility index (Phi) is 5.25. The molecule has 27 heavy (non-hydrogen) atoms. The monoisotopic (exact) mass is 370 g/mol. The number of benzene rings is 1. The summed E-state index contributed by atoms with van der Waals surface area (Å²) < 4.78 is 5.62. The van der Waals surface area contributed by atoms with E-state index in [0.717, 1.165) is 0 Å². The van der Waals surface area contributed by atoms with Crippen molar-refractivity contribution in [1.82, 2.24) is 19.9 Å². The quantitative estimate of drug-likeness (QED) is 0.481. The number of aromatic nitrogens is 4. The molecule has 0 spiro atoms. The first-order chi connectivity index (χ1) is 13.0. The summed E-state index contributed by atoms with van der Waals surface area (Å²) in [6, 6.07) is 7.50. The fourth-order valence-electron chi connectivity index (χ4n) is 2.33. The molecule has 0 saturated carbocycles. The van der Waals surface area contributed by atoms with Gasteiger partial charge in [-0.25, -0.2) is 4.98 Å². The van der Waals surface area contributed by atoms with E-state index in [-0.39, 0.29) is 35.9 Å². The van der Waals surface area contributed by atoms with Crippen molar-refractivity contribution in [3.8, 4) is 5.88 Å². The van der Waals surface area contributed by atoms with E-state index >= 15 is 0 Å². The van der Waals surface area contributed by atoms with Gasteiger partial charge in [0.15, 0.2) is 12.3 Å². The molecule has 140 valence electrons. The van der Waals surface area contributed by atoms with Gasteiger partial charge in [0.05, 0.1) is 6.33 Å². The summed E-state index contributed by atoms with van der Waals surface area (Å²) in [5.41, 5.74) is 1.20. The Labute approximate surface area is 154 Å². The van der Waals surface area contributed by atoms with Crippen LogP contribution in [-0.4, -0.2) is 37.4 Å². The molecule has 10 heteroatoms. The maximum absolute atomic E-state index is 11.9. The molecular formula is C17H18N6O4. The molecule has 0 aliphatic heterocycles. The van der Waals surface area contributed by atoms with E-state index in [1.165, 1.54) is 6.33 Å². The first-order valence-electron chi connectivity index (χ1n) is 8.29. The maximum atomic E-state index is 11.9. The number of hydrogen-bond acceptors (Lipinski definition) is 7. The molecule has 0 bridgehead atoms. The van der Waals surface area contributed by atoms with Gasteiger partial charge in [0, 0.05) is 16.4 Å². The molecule has 10 nitrogen and oxygen atoms in total. The molecular weight excluding hydrogens is 352 g/mol. The van der Waals surface area contributed by atoms with E-state index in [1.54, 1.807) is 44.2 Å². The molecule has 0 fully saturated rings. The van der Waals surface area contributed by atoms with Crippen LogP contribution in [0.4, 0.5) is 5.95 Å². The van der Waals surface area contributed by atoms with Crippen molar-refractivity contribution < 1.29 is 14.5 Å². The molecule has 0 aliphatic rings. The van der Waals surface area contributed by atoms with E-state index in [2.05, 4.69) is 25.3 Å². The third kappa shape index (κ3) is 4.17. The van der Waals surface area contributed by atoms with Gasteiger partial charge in [0.1, 0.15) is 5.52 Å². The number of nitro groups is 1. The highest BCUT2D eigenvalue weighted by molar-refractivity contribution is 5.91. The van der Waals surface area contributed by atoms with Crippen LogP contribution >= 0.6 is 0 Å². The van der Waals surface area contributed by atoms with Gasteiger partial charge in [0.2, 0.25) is 17.7 Å². The number of amides is 1. The molecule has 2 aromatic heterocycles. The number of hydrogen-bond donors (Lipinski definition) is 2. The Morgan fingerprint density at radius 3 is 2.70 bits per heavy atom. The zero-order valence-corrected chi connectivity index (χ0v) is 14.7. The zero-order chi connectivity index (χ0) is 19.4. The first-order valence-corrected chi connectivity index (χ1v) is 8.29. The fourth-order valence-corrected chi connectivity index (χ4v) is 2.33. The van der Waals surface area contributed by atoms with Crippen LogP contribution in [0.1, 0.15) is 25.5 Å². The number of fused-ring (bicyclic) bond motifs is 1. The molecule has 1 aromatic carbocycles. The molecule has 3 rings (SSSR count). The Hall–Kier alpha value is -3.56. The normalized spacial score (nSPS) is 12.1. The van der Waals surface area contributed by atoms with Crippen molar-refractivity contribution in [3.63, 3.8) is 0 Å². The number of rotatable bonds is 7. The number of aromatic amines is 1. The maximum Gasteiger partial charge on any atom is 0.271 e. The highest BCUT2D eigenvalue weighted by Gasteiger charge is 2.25. The van der Waals surface area contributed by atoms with E-state index in [9.17, 15) is 14.9 Å². The topological polar surface area (TPSA) is 136 Å². The standard InChI is InChI=1S/C17H18N6O4/c1-10(2)15(24)21-17-20-14-13(18-9-19-14)16(22-17)27-8-12(23(25)26)11-6-4-3-5-7-11/h3-7,9-10,12H,8H2,1-2H3,(H2,18,19,20,21,22,24). The van der Waals surface area contributed by atoms with E-state index in [0.29, 0.717) is 11.1 Å². The van der Waals surface area contributed by atoms with Crippen LogP contribution in [0.5, 0.6) is 5.88 Å². The van der Waals surface area contributed by atoms with E-state index in [4.69, 9.17) is 4.74 Å². The Morgan fingerprint density at radius 2 is 2.04 bits per heavy atom. The van der Waals surface area contributed by atoms with Crippen molar-refractivity contribution in [2.45, 2.75) is 19.9 Å². The van der Waals surface area contributed by atoms with Gasteiger partial charge < -0.3 is 9.72 Å². The second-order valence-corrected chi connectivity index (χ2v) is 6.12. The minimum absolute atomic E-state index is 0.0284. The van der Waals surface area contributed by atoms with Gasteiger partial charge in [-0.2, -0.15) is 9.97 Å². The number of carbonyl (C=O) groups excluding carboxylic acids is 1. The number of imidazole rings is 1. The zero-order valence-electron chi connectivity index (χ0n) is 14.7. The molecule has 2 N–H and O–H groups in total. The van der Waals surface area contributed by atoms with E-state index < -0.39 is 11.0 Å². The number of nitrogens with zero attached hydrogens (tertiary/aromatic N) is 4. The fraction of sp³-hybridized carbons (Fsp3) is 0.294. The van der Waals surface area contributed by atoms with Crippen LogP contribution in [0, 0.1) is 16.0 Å². The van der Waals surface area contributed by atoms with Gasteiger partial charge in [0.25, 0.3) is 6.04 Å². The molecule has 1 amide bonds. The lowest BCUT2D eigenvalue weighted by molar-refractivity contribution is -0.531. The number of anilines is 1. The summed E-state index contributed by atoms with van der Waals surface area (Å²) in [5.74, 6) is -0.409. The van der Waals surface area contributed by atoms with Gasteiger partial charge in [-0.05, 0) is 0 Å². The van der Waals surface area contributed by atoms with Crippen LogP contribution < -0.4 is 10.1 Å². The average Bonchev–Trinajstić information content (AvgIpc) is 3.11. The summed E-state index contributed by atoms with van der Waals surface area (Å²) in [7, 11) is 0. The second-order valence-electron chi connectivity index (χ2n) is 6.12. The summed E-state index contributed by atoms with van der Waals surface area (Å²) in [6.45, 7) is 3.24. The van der Waals surface area contributed by atoms with Gasteiger partial charge >= 0.3 is 0 Å². The van der Waals surface area contributed by atoms with Crippen molar-refractivity contribution >= 4 is 23.0 Å². The molecule has 0 aliphatic carbocycles. The summed E-state index contributed by atoms with van der Waals surface area (Å²) in [5, 5.41) is 14.0. The predicted molar refractivity (Wildman–Crippen MR) is 96.8 cm³/mol. The Bertz CT molecular complexity index is 956. The van der Waals surface area contributed by atoms with Crippen molar-refractivity contribution in [2.24, 2.45) is 5.92 Å². The minimum atomic E-state index is -1.06. The molecule has 0 saturated heterocycles. The number of carbonyl (C=O) groups is 1. The van der Waals surface area contributed by atoms with Crippen LogP contribution in [0.15, 0.2) is 36.7 Å². The molecule has 1 unspecified atom stereocenters. The van der Waals surface area contributed by atoms with Crippen molar-refractivity contribution in [3.05, 3.63) is 52.3 Å². The van der Waals surface area contributed by atoms with Crippen LogP contribution in [0.3, 0.4) is 0 Å². The van der Waals surface area contributed by atoms with Gasteiger partial charge in [-0.1, -0.05) is 44.2 Å². The lowest BCUT2D eigenvalue weighted by atomic mass is 10.1. The largest absolute Gasteiger partial charge is 0.468 e. The molecule has 1 atom stereocenters. The SMILES string of the molecule is CC(C)C(=O)Nc1nc(OCC(c2ccccc2)[N+](=O)[O-])c2[nH]cnc2n1. The van der Waals surface area contributed by atoms with Gasteiger partial charge in [-0.15, -0.1) is 0 Å². The highest BCUT2D eigenvalue weighted by atomic mass is 16.6. The lowest BCUT2D eigenvalue weighted by Crippen LogP contribution is -2.21. The third-order valence-electron chi connectivity index (χ3n) is 3.83. The summed E-state index contributed by atoms with van der Waals surface area (Å²) in [6.07, 6.45) is 1.41. The average molecular weight is 370 g/mol. The molecule has 2 heterocycles. The number of nitrogens with one attached hydrogen (secondary N) is 2. The van der Waals surface area contributed by atoms with Gasteiger partial charge in [-0.3, -0.25) is 20.2 Å². The minimum Gasteiger partial charge on any atom is -0.468 e. The molecule has 3 aromatic rings. The summed E-state index contributed by atoms with van der Waals surface area (Å²) >= 11 is 0. The van der Waals surface area contributed by atoms with E-state index in [1.807, 2.05) is 0 Å². The number of ether oxygens (including phenoxy) is 1. The first kappa shape index (κ1) is 18.2. The molecule has 0 radical (unpaired) electrons.